The number of fused-ring (bicyclic) bond motifs is 3. The molecule has 3 rings (SSSR count). The van der Waals surface area contributed by atoms with E-state index in [-0.39, 0.29) is 23.4 Å². The van der Waals surface area contributed by atoms with E-state index in [2.05, 4.69) is 9.98 Å². The molecule has 7 nitrogen and oxygen atoms in total. The number of ether oxygens (including phenoxy) is 2. The van der Waals surface area contributed by atoms with Crippen LogP contribution in [0.15, 0.2) is 33.9 Å². The fourth-order valence-corrected chi connectivity index (χ4v) is 2.78. The summed E-state index contributed by atoms with van der Waals surface area (Å²) in [5.74, 6) is 1.15. The van der Waals surface area contributed by atoms with Gasteiger partial charge in [-0.15, -0.1) is 0 Å². The van der Waals surface area contributed by atoms with Crippen molar-refractivity contribution in [1.82, 2.24) is 4.98 Å². The Bertz CT molecular complexity index is 738. The average Bonchev–Trinajstić information content (AvgIpc) is 2.98. The Labute approximate surface area is 140 Å². The van der Waals surface area contributed by atoms with Gasteiger partial charge in [0.2, 0.25) is 5.43 Å². The zero-order valence-electron chi connectivity index (χ0n) is 13.8. The molecule has 1 N–H and O–H groups in total. The van der Waals surface area contributed by atoms with Crippen molar-refractivity contribution >= 4 is 23.7 Å². The molecule has 2 aliphatic rings. The molecule has 24 heavy (non-hydrogen) atoms. The second kappa shape index (κ2) is 6.90. The number of nitrogens with zero attached hydrogens (tertiary/aromatic N) is 2. The molecule has 2 aliphatic heterocycles. The second-order valence-electron chi connectivity index (χ2n) is 5.86. The largest absolute Gasteiger partial charge is 0.496 e. The van der Waals surface area contributed by atoms with Crippen LogP contribution in [-0.4, -0.2) is 43.0 Å². The highest BCUT2D eigenvalue weighted by Gasteiger charge is 2.30. The predicted octanol–water partition coefficient (Wildman–Crippen LogP) is 1.77. The van der Waals surface area contributed by atoms with Crippen LogP contribution in [0, 0.1) is 5.92 Å². The van der Waals surface area contributed by atoms with Crippen molar-refractivity contribution < 1.29 is 14.3 Å². The van der Waals surface area contributed by atoms with Crippen molar-refractivity contribution in [2.45, 2.75) is 26.3 Å². The molecule has 128 valence electrons. The molecule has 1 aromatic heterocycles. The first kappa shape index (κ1) is 16.3. The van der Waals surface area contributed by atoms with E-state index < -0.39 is 0 Å². The molecule has 0 saturated carbocycles. The molecule has 0 amide bonds. The van der Waals surface area contributed by atoms with Crippen LogP contribution in [0.2, 0.25) is 0 Å². The number of aromatic amines is 1. The first-order valence-corrected chi connectivity index (χ1v) is 8.12. The minimum absolute atomic E-state index is 0.0203. The molecule has 0 radical (unpaired) electrons. The van der Waals surface area contributed by atoms with E-state index in [0.29, 0.717) is 37.7 Å². The molecule has 1 aromatic rings. The minimum Gasteiger partial charge on any atom is -0.496 e. The number of hydrogen-bond donors (Lipinski definition) is 1. The van der Waals surface area contributed by atoms with Gasteiger partial charge in [-0.1, -0.05) is 6.92 Å². The summed E-state index contributed by atoms with van der Waals surface area (Å²) in [4.78, 5) is 32.8. The lowest BCUT2D eigenvalue weighted by atomic mass is 10.1. The lowest BCUT2D eigenvalue weighted by molar-refractivity contribution is -0.147. The molecule has 7 heteroatoms. The summed E-state index contributed by atoms with van der Waals surface area (Å²) < 4.78 is 10.8. The van der Waals surface area contributed by atoms with Crippen molar-refractivity contribution in [2.75, 3.05) is 24.7 Å². The number of pyridine rings is 1. The molecule has 0 aliphatic carbocycles. The third kappa shape index (κ3) is 3.20. The third-order valence-electron chi connectivity index (χ3n) is 4.13. The van der Waals surface area contributed by atoms with Gasteiger partial charge in [-0.25, -0.2) is 0 Å². The molecule has 0 saturated heterocycles. The van der Waals surface area contributed by atoms with E-state index >= 15 is 0 Å². The molecule has 0 aromatic carbocycles. The minimum atomic E-state index is -0.197. The van der Waals surface area contributed by atoms with Crippen LogP contribution in [-0.2, 0) is 14.3 Å². The lowest BCUT2D eigenvalue weighted by Crippen LogP contribution is -2.35. The van der Waals surface area contributed by atoms with E-state index in [1.165, 1.54) is 6.07 Å². The van der Waals surface area contributed by atoms with E-state index in [9.17, 15) is 9.59 Å². The summed E-state index contributed by atoms with van der Waals surface area (Å²) in [6.07, 6.45) is 5.95. The number of H-pyrrole nitrogens is 1. The average molecular weight is 331 g/mol. The van der Waals surface area contributed by atoms with Crippen LogP contribution in [0.25, 0.3) is 0 Å². The van der Waals surface area contributed by atoms with Crippen LogP contribution in [0.5, 0.6) is 0 Å². The second-order valence-corrected chi connectivity index (χ2v) is 5.86. The topological polar surface area (TPSA) is 84.0 Å². The maximum Gasteiger partial charge on any atom is 0.308 e. The quantitative estimate of drug-likeness (QED) is 0.803. The number of nitrogens with one attached hydrogen (secondary N) is 1. The molecule has 0 fully saturated rings. The molecular formula is C17H21N3O4. The highest BCUT2D eigenvalue weighted by atomic mass is 16.5. The molecular weight excluding hydrogens is 310 g/mol. The molecule has 3 heterocycles. The van der Waals surface area contributed by atoms with E-state index in [0.717, 1.165) is 5.76 Å². The van der Waals surface area contributed by atoms with E-state index in [4.69, 9.17) is 9.47 Å². The Balaban J connectivity index is 1.57. The van der Waals surface area contributed by atoms with Crippen LogP contribution in [0.1, 0.15) is 20.3 Å². The third-order valence-corrected chi connectivity index (χ3v) is 4.13. The number of rotatable bonds is 6. The normalized spacial score (nSPS) is 19.3. The first-order chi connectivity index (χ1) is 11.6. The number of aliphatic imine (C=N–C) groups is 1. The smallest absolute Gasteiger partial charge is 0.308 e. The van der Waals surface area contributed by atoms with Crippen LogP contribution in [0.4, 0.5) is 11.5 Å². The fourth-order valence-electron chi connectivity index (χ4n) is 2.78. The van der Waals surface area contributed by atoms with Gasteiger partial charge >= 0.3 is 5.97 Å². The molecule has 2 atom stereocenters. The summed E-state index contributed by atoms with van der Waals surface area (Å²) in [7, 11) is 0. The lowest BCUT2D eigenvalue weighted by Gasteiger charge is -2.27. The summed E-state index contributed by atoms with van der Waals surface area (Å²) in [6, 6.07) is 1.45. The van der Waals surface area contributed by atoms with Crippen LogP contribution >= 0.6 is 0 Å². The molecule has 0 spiro atoms. The Hall–Kier alpha value is -2.57. The maximum absolute atomic E-state index is 11.8. The van der Waals surface area contributed by atoms with Gasteiger partial charge in [-0.05, 0) is 19.4 Å². The number of hydrogen-bond acceptors (Lipinski definition) is 6. The summed E-state index contributed by atoms with van der Waals surface area (Å²) >= 11 is 0. The highest BCUT2D eigenvalue weighted by Crippen LogP contribution is 2.32. The summed E-state index contributed by atoms with van der Waals surface area (Å²) in [5, 5.41) is 0. The molecule has 2 unspecified atom stereocenters. The first-order valence-electron chi connectivity index (χ1n) is 8.12. The van der Waals surface area contributed by atoms with Crippen molar-refractivity contribution in [1.29, 1.82) is 0 Å². The Morgan fingerprint density at radius 3 is 3.17 bits per heavy atom. The Kier molecular flexibility index (Phi) is 4.69. The van der Waals surface area contributed by atoms with Gasteiger partial charge in [0, 0.05) is 18.5 Å². The number of aromatic nitrogens is 1. The number of esters is 1. The van der Waals surface area contributed by atoms with Crippen molar-refractivity contribution in [3.63, 3.8) is 0 Å². The van der Waals surface area contributed by atoms with Crippen molar-refractivity contribution in [3.05, 3.63) is 34.3 Å². The number of anilines is 1. The van der Waals surface area contributed by atoms with Gasteiger partial charge in [-0.3, -0.25) is 14.6 Å². The zero-order chi connectivity index (χ0) is 17.1. The van der Waals surface area contributed by atoms with Crippen LogP contribution in [0.3, 0.4) is 0 Å². The van der Waals surface area contributed by atoms with Crippen molar-refractivity contribution in [2.24, 2.45) is 10.9 Å². The number of carbonyl (C=O) groups is 1. The van der Waals surface area contributed by atoms with Gasteiger partial charge in [-0.2, -0.15) is 0 Å². The van der Waals surface area contributed by atoms with Gasteiger partial charge in [0.15, 0.2) is 5.69 Å². The van der Waals surface area contributed by atoms with Gasteiger partial charge in [0.05, 0.1) is 31.7 Å². The van der Waals surface area contributed by atoms with Crippen molar-refractivity contribution in [3.8, 4) is 0 Å². The van der Waals surface area contributed by atoms with Gasteiger partial charge in [0.1, 0.15) is 11.6 Å². The zero-order valence-corrected chi connectivity index (χ0v) is 13.8. The fraction of sp³-hybridized carbons (Fsp3) is 0.471. The predicted molar refractivity (Wildman–Crippen MR) is 90.8 cm³/mol. The van der Waals surface area contributed by atoms with Gasteiger partial charge < -0.3 is 19.4 Å². The van der Waals surface area contributed by atoms with E-state index in [1.54, 1.807) is 19.3 Å². The number of carbonyl (C=O) groups excluding carboxylic acids is 1. The summed E-state index contributed by atoms with van der Waals surface area (Å²) in [6.45, 7) is 5.04. The summed E-state index contributed by atoms with van der Waals surface area (Å²) in [5.41, 5.74) is 0.329. The van der Waals surface area contributed by atoms with Crippen LogP contribution < -0.4 is 10.3 Å². The molecule has 0 bridgehead atoms. The monoisotopic (exact) mass is 331 g/mol. The SMILES string of the molecule is CCOC(=O)C(C)CCOC1=CC2C=Nc3c([nH]ccc3=O)N2C1. The van der Waals surface area contributed by atoms with E-state index in [1.807, 2.05) is 17.9 Å². The highest BCUT2D eigenvalue weighted by molar-refractivity contribution is 5.85. The maximum atomic E-state index is 11.8. The standard InChI is InChI=1S/C17H21N3O4/c1-3-23-17(22)11(2)5-7-24-13-8-12-9-19-15-14(21)4-6-18-16(15)20(12)10-13/h4,6,8-9,11-12H,3,5,7,10H2,1-2H3,(H,18,21). The Morgan fingerprint density at radius 1 is 1.54 bits per heavy atom. The van der Waals surface area contributed by atoms with Gasteiger partial charge in [0.25, 0.3) is 0 Å². The Morgan fingerprint density at radius 2 is 2.38 bits per heavy atom.